The van der Waals surface area contributed by atoms with Gasteiger partial charge >= 0.3 is 0 Å². The van der Waals surface area contributed by atoms with Crippen LogP contribution in [-0.2, 0) is 10.2 Å². The normalized spacial score (nSPS) is 18.7. The van der Waals surface area contributed by atoms with Crippen molar-refractivity contribution in [3.63, 3.8) is 0 Å². The van der Waals surface area contributed by atoms with E-state index >= 15 is 0 Å². The molecular formula is C23H27N3O3. The van der Waals surface area contributed by atoms with Crippen LogP contribution in [0.4, 0.5) is 11.4 Å². The molecule has 0 bridgehead atoms. The Kier molecular flexibility index (Phi) is 5.51. The van der Waals surface area contributed by atoms with Gasteiger partial charge in [0, 0.05) is 37.0 Å². The minimum Gasteiger partial charge on any atom is -0.366 e. The average Bonchev–Trinajstić information content (AvgIpc) is 2.73. The van der Waals surface area contributed by atoms with Gasteiger partial charge in [0.25, 0.3) is 5.69 Å². The van der Waals surface area contributed by atoms with E-state index in [2.05, 4.69) is 29.6 Å². The Bertz CT molecular complexity index is 872. The quantitative estimate of drug-likeness (QED) is 0.593. The van der Waals surface area contributed by atoms with E-state index in [0.717, 1.165) is 25.7 Å². The number of hydrogen-bond donors (Lipinski definition) is 1. The second kappa shape index (κ2) is 8.23. The molecular weight excluding hydrogens is 366 g/mol. The standard InChI is InChI=1S/C23H27N3O3/c27-22(24-17-23(13-6-14-23)19-7-2-1-3-8-19)18-11-15-25(16-12-18)20-9-4-5-10-21(20)26(28)29/h1-5,7-10,18H,6,11-17H2,(H,24,27). The van der Waals surface area contributed by atoms with E-state index in [1.54, 1.807) is 12.1 Å². The fraction of sp³-hybridized carbons (Fsp3) is 0.435. The molecule has 6 nitrogen and oxygen atoms in total. The van der Waals surface area contributed by atoms with Crippen LogP contribution in [0.15, 0.2) is 54.6 Å². The van der Waals surface area contributed by atoms with Crippen molar-refractivity contribution < 1.29 is 9.72 Å². The first kappa shape index (κ1) is 19.4. The summed E-state index contributed by atoms with van der Waals surface area (Å²) in [5.74, 6) is 0.0938. The van der Waals surface area contributed by atoms with Gasteiger partial charge in [0.2, 0.25) is 5.91 Å². The first-order valence-corrected chi connectivity index (χ1v) is 10.4. The predicted molar refractivity (Wildman–Crippen MR) is 113 cm³/mol. The molecule has 4 rings (SSSR count). The van der Waals surface area contributed by atoms with Crippen molar-refractivity contribution in [2.24, 2.45) is 5.92 Å². The molecule has 0 radical (unpaired) electrons. The lowest BCUT2D eigenvalue weighted by atomic mass is 9.64. The second-order valence-corrected chi connectivity index (χ2v) is 8.22. The third-order valence-electron chi connectivity index (χ3n) is 6.58. The van der Waals surface area contributed by atoms with Gasteiger partial charge in [-0.1, -0.05) is 48.9 Å². The molecule has 2 aromatic carbocycles. The highest BCUT2D eigenvalue weighted by molar-refractivity contribution is 5.79. The number of para-hydroxylation sites is 2. The molecule has 6 heteroatoms. The van der Waals surface area contributed by atoms with Crippen molar-refractivity contribution in [1.82, 2.24) is 5.32 Å². The largest absolute Gasteiger partial charge is 0.366 e. The van der Waals surface area contributed by atoms with Crippen molar-refractivity contribution in [2.45, 2.75) is 37.5 Å². The molecule has 152 valence electrons. The minimum absolute atomic E-state index is 0.0260. The fourth-order valence-corrected chi connectivity index (χ4v) is 4.63. The van der Waals surface area contributed by atoms with Gasteiger partial charge in [-0.05, 0) is 37.3 Å². The number of nitrogens with one attached hydrogen (secondary N) is 1. The Morgan fingerprint density at radius 1 is 1.07 bits per heavy atom. The van der Waals surface area contributed by atoms with E-state index in [1.165, 1.54) is 18.1 Å². The summed E-state index contributed by atoms with van der Waals surface area (Å²) in [6.07, 6.45) is 4.88. The zero-order valence-electron chi connectivity index (χ0n) is 16.5. The third-order valence-corrected chi connectivity index (χ3v) is 6.58. The summed E-state index contributed by atoms with van der Waals surface area (Å²) >= 11 is 0. The highest BCUT2D eigenvalue weighted by Crippen LogP contribution is 2.43. The van der Waals surface area contributed by atoms with E-state index in [9.17, 15) is 14.9 Å². The van der Waals surface area contributed by atoms with Crippen LogP contribution in [0.2, 0.25) is 0 Å². The summed E-state index contributed by atoms with van der Waals surface area (Å²) in [5, 5.41) is 14.5. The SMILES string of the molecule is O=C(NCC1(c2ccccc2)CCC1)C1CCN(c2ccccc2[N+](=O)[O-])CC1. The average molecular weight is 393 g/mol. The van der Waals surface area contributed by atoms with Crippen LogP contribution < -0.4 is 10.2 Å². The van der Waals surface area contributed by atoms with Crippen molar-refractivity contribution in [3.8, 4) is 0 Å². The predicted octanol–water partition coefficient (Wildman–Crippen LogP) is 4.05. The third kappa shape index (κ3) is 3.97. The Hall–Kier alpha value is -2.89. The molecule has 0 atom stereocenters. The highest BCUT2D eigenvalue weighted by atomic mass is 16.6. The zero-order valence-corrected chi connectivity index (χ0v) is 16.5. The van der Waals surface area contributed by atoms with Crippen molar-refractivity contribution >= 4 is 17.3 Å². The monoisotopic (exact) mass is 393 g/mol. The summed E-state index contributed by atoms with van der Waals surface area (Å²) in [4.78, 5) is 25.8. The molecule has 1 saturated heterocycles. The van der Waals surface area contributed by atoms with E-state index in [-0.39, 0.29) is 27.9 Å². The van der Waals surface area contributed by atoms with Crippen molar-refractivity contribution in [1.29, 1.82) is 0 Å². The summed E-state index contributed by atoms with van der Waals surface area (Å²) in [7, 11) is 0. The number of nitro benzene ring substituents is 1. The molecule has 2 fully saturated rings. The van der Waals surface area contributed by atoms with E-state index < -0.39 is 0 Å². The highest BCUT2D eigenvalue weighted by Gasteiger charge is 2.39. The maximum absolute atomic E-state index is 12.8. The number of nitrogens with zero attached hydrogens (tertiary/aromatic N) is 2. The summed E-state index contributed by atoms with van der Waals surface area (Å²) in [6.45, 7) is 2.01. The summed E-state index contributed by atoms with van der Waals surface area (Å²) < 4.78 is 0. The molecule has 1 N–H and O–H groups in total. The summed E-state index contributed by atoms with van der Waals surface area (Å²) in [6, 6.07) is 17.3. The molecule has 0 unspecified atom stereocenters. The lowest BCUT2D eigenvalue weighted by molar-refractivity contribution is -0.384. The lowest BCUT2D eigenvalue weighted by Gasteiger charge is -2.43. The van der Waals surface area contributed by atoms with Gasteiger partial charge in [0.1, 0.15) is 5.69 Å². The maximum atomic E-state index is 12.8. The first-order valence-electron chi connectivity index (χ1n) is 10.4. The van der Waals surface area contributed by atoms with E-state index in [1.807, 2.05) is 17.0 Å². The van der Waals surface area contributed by atoms with Gasteiger partial charge in [-0.2, -0.15) is 0 Å². The first-order chi connectivity index (χ1) is 14.1. The van der Waals surface area contributed by atoms with Crippen LogP contribution in [0.3, 0.4) is 0 Å². The van der Waals surface area contributed by atoms with Crippen LogP contribution >= 0.6 is 0 Å². The number of amides is 1. The van der Waals surface area contributed by atoms with Gasteiger partial charge in [-0.3, -0.25) is 14.9 Å². The molecule has 1 aliphatic carbocycles. The van der Waals surface area contributed by atoms with Crippen molar-refractivity contribution in [3.05, 3.63) is 70.3 Å². The number of benzene rings is 2. The molecule has 0 spiro atoms. The number of rotatable bonds is 6. The number of carbonyl (C=O) groups excluding carboxylic acids is 1. The fourth-order valence-electron chi connectivity index (χ4n) is 4.63. The Balaban J connectivity index is 1.34. The van der Waals surface area contributed by atoms with Crippen LogP contribution in [0.5, 0.6) is 0 Å². The van der Waals surface area contributed by atoms with Crippen LogP contribution in [0.25, 0.3) is 0 Å². The molecule has 0 aromatic heterocycles. The number of piperidine rings is 1. The number of nitro groups is 1. The minimum atomic E-state index is -0.338. The smallest absolute Gasteiger partial charge is 0.292 e. The lowest BCUT2D eigenvalue weighted by Crippen LogP contribution is -2.48. The van der Waals surface area contributed by atoms with Gasteiger partial charge < -0.3 is 10.2 Å². The van der Waals surface area contributed by atoms with Crippen LogP contribution in [-0.4, -0.2) is 30.5 Å². The number of hydrogen-bond acceptors (Lipinski definition) is 4. The Morgan fingerprint density at radius 3 is 2.34 bits per heavy atom. The molecule has 1 heterocycles. The zero-order chi connectivity index (χ0) is 20.3. The summed E-state index contributed by atoms with van der Waals surface area (Å²) in [5.41, 5.74) is 2.18. The molecule has 2 aromatic rings. The topological polar surface area (TPSA) is 75.5 Å². The second-order valence-electron chi connectivity index (χ2n) is 8.22. The number of anilines is 1. The van der Waals surface area contributed by atoms with E-state index in [0.29, 0.717) is 25.3 Å². The van der Waals surface area contributed by atoms with Crippen molar-refractivity contribution in [2.75, 3.05) is 24.5 Å². The van der Waals surface area contributed by atoms with Gasteiger partial charge in [0.15, 0.2) is 0 Å². The molecule has 2 aliphatic rings. The van der Waals surface area contributed by atoms with Gasteiger partial charge in [-0.25, -0.2) is 0 Å². The molecule has 29 heavy (non-hydrogen) atoms. The van der Waals surface area contributed by atoms with E-state index in [4.69, 9.17) is 0 Å². The molecule has 1 saturated carbocycles. The number of carbonyl (C=O) groups is 1. The Morgan fingerprint density at radius 2 is 1.72 bits per heavy atom. The van der Waals surface area contributed by atoms with Crippen LogP contribution in [0, 0.1) is 16.0 Å². The van der Waals surface area contributed by atoms with Gasteiger partial charge in [0.05, 0.1) is 4.92 Å². The Labute approximate surface area is 171 Å². The van der Waals surface area contributed by atoms with Crippen LogP contribution in [0.1, 0.15) is 37.7 Å². The molecule has 1 amide bonds. The molecule has 1 aliphatic heterocycles. The van der Waals surface area contributed by atoms with Gasteiger partial charge in [-0.15, -0.1) is 0 Å². The maximum Gasteiger partial charge on any atom is 0.292 e.